The van der Waals surface area contributed by atoms with Crippen LogP contribution in [0.25, 0.3) is 5.82 Å². The van der Waals surface area contributed by atoms with Gasteiger partial charge in [0, 0.05) is 13.5 Å². The Morgan fingerprint density at radius 2 is 2.22 bits per heavy atom. The number of nitrogens with one attached hydrogen (secondary N) is 1. The maximum Gasteiger partial charge on any atom is 0.241 e. The molecular weight excluding hydrogens is 393 g/mol. The predicted molar refractivity (Wildman–Crippen MR) is 98.9 cm³/mol. The van der Waals surface area contributed by atoms with Gasteiger partial charge in [-0.3, -0.25) is 19.2 Å². The topological polar surface area (TPSA) is 109 Å². The van der Waals surface area contributed by atoms with E-state index in [1.54, 1.807) is 0 Å². The van der Waals surface area contributed by atoms with Gasteiger partial charge >= 0.3 is 0 Å². The molecule has 0 spiro atoms. The fourth-order valence-corrected chi connectivity index (χ4v) is 3.48. The van der Waals surface area contributed by atoms with Gasteiger partial charge < -0.3 is 5.32 Å². The highest BCUT2D eigenvalue weighted by Crippen LogP contribution is 2.32. The number of anilines is 1. The fraction of sp³-hybridized carbons (Fsp3) is 0.438. The lowest BCUT2D eigenvalue weighted by Crippen LogP contribution is -2.40. The molecule has 0 radical (unpaired) electrons. The van der Waals surface area contributed by atoms with Gasteiger partial charge in [-0.05, 0) is 19.3 Å². The minimum Gasteiger partial charge on any atom is -0.341 e. The zero-order valence-electron chi connectivity index (χ0n) is 14.6. The van der Waals surface area contributed by atoms with Gasteiger partial charge in [-0.15, -0.1) is 11.6 Å². The maximum absolute atomic E-state index is 12.2. The molecule has 0 atom stereocenters. The molecular formula is C16H17Cl2N7O2. The molecule has 11 heteroatoms. The largest absolute Gasteiger partial charge is 0.341 e. The zero-order valence-corrected chi connectivity index (χ0v) is 16.1. The summed E-state index contributed by atoms with van der Waals surface area (Å²) in [5, 5.41) is 21.0. The van der Waals surface area contributed by atoms with Gasteiger partial charge in [0.1, 0.15) is 23.2 Å². The van der Waals surface area contributed by atoms with Crippen molar-refractivity contribution in [2.24, 2.45) is 0 Å². The lowest BCUT2D eigenvalue weighted by Gasteiger charge is -2.21. The van der Waals surface area contributed by atoms with Gasteiger partial charge in [0.15, 0.2) is 11.6 Å². The Morgan fingerprint density at radius 1 is 1.44 bits per heavy atom. The molecule has 0 aliphatic carbocycles. The first-order valence-corrected chi connectivity index (χ1v) is 9.23. The Labute approximate surface area is 165 Å². The Kier molecular flexibility index (Phi) is 5.68. The number of nitrogens with zero attached hydrogens (tertiary/aromatic N) is 6. The number of carbonyl (C=O) groups excluding carboxylic acids is 2. The van der Waals surface area contributed by atoms with Crippen LogP contribution in [-0.2, 0) is 22.6 Å². The van der Waals surface area contributed by atoms with Crippen molar-refractivity contribution in [1.29, 1.82) is 5.26 Å². The van der Waals surface area contributed by atoms with Crippen LogP contribution in [0.5, 0.6) is 0 Å². The van der Waals surface area contributed by atoms with Crippen LogP contribution in [0.4, 0.5) is 5.82 Å². The van der Waals surface area contributed by atoms with Gasteiger partial charge in [-0.25, -0.2) is 0 Å². The summed E-state index contributed by atoms with van der Waals surface area (Å²) in [6.07, 6.45) is 4.12. The highest BCUT2D eigenvalue weighted by Gasteiger charge is 2.28. The molecule has 3 rings (SSSR count). The monoisotopic (exact) mass is 409 g/mol. The molecule has 0 saturated carbocycles. The third-order valence-electron chi connectivity index (χ3n) is 4.28. The second kappa shape index (κ2) is 7.98. The molecule has 27 heavy (non-hydrogen) atoms. The van der Waals surface area contributed by atoms with E-state index in [9.17, 15) is 14.9 Å². The number of alkyl halides is 1. The van der Waals surface area contributed by atoms with Crippen molar-refractivity contribution in [1.82, 2.24) is 24.9 Å². The van der Waals surface area contributed by atoms with Crippen LogP contribution in [0.15, 0.2) is 6.20 Å². The number of aryl methyl sites for hydroxylation is 1. The van der Waals surface area contributed by atoms with E-state index in [0.29, 0.717) is 10.8 Å². The average Bonchev–Trinajstić information content (AvgIpc) is 3.21. The smallest absolute Gasteiger partial charge is 0.241 e. The normalized spacial score (nSPS) is 13.0. The van der Waals surface area contributed by atoms with E-state index in [-0.39, 0.29) is 23.9 Å². The number of amides is 2. The van der Waals surface area contributed by atoms with E-state index in [4.69, 9.17) is 23.2 Å². The molecule has 1 aliphatic rings. The quantitative estimate of drug-likeness (QED) is 0.595. The summed E-state index contributed by atoms with van der Waals surface area (Å²) in [6, 6.07) is 1.91. The van der Waals surface area contributed by atoms with E-state index in [0.717, 1.165) is 36.4 Å². The second-order valence-electron chi connectivity index (χ2n) is 6.01. The molecule has 142 valence electrons. The van der Waals surface area contributed by atoms with Gasteiger partial charge in [0.2, 0.25) is 11.8 Å². The Hall–Kier alpha value is -2.57. The number of nitriles is 1. The summed E-state index contributed by atoms with van der Waals surface area (Å²) in [7, 11) is 0. The van der Waals surface area contributed by atoms with Crippen LogP contribution in [-0.4, -0.2) is 43.9 Å². The first-order chi connectivity index (χ1) is 13.0. The number of carbonyl (C=O) groups is 2. The standard InChI is InChI=1S/C16H17Cl2N7O2/c1-10(26)23(8-13(27)20-9-17)16-11(6-19)7-21-25(16)15-14(18)12-4-2-3-5-24(12)22-15/h7H,2-5,8-9H2,1H3,(H,20,27). The van der Waals surface area contributed by atoms with Crippen molar-refractivity contribution in [2.75, 3.05) is 17.4 Å². The molecule has 0 saturated heterocycles. The summed E-state index contributed by atoms with van der Waals surface area (Å²) in [5.41, 5.74) is 1.03. The first-order valence-electron chi connectivity index (χ1n) is 8.32. The molecule has 9 nitrogen and oxygen atoms in total. The van der Waals surface area contributed by atoms with Crippen LogP contribution in [0.1, 0.15) is 31.0 Å². The van der Waals surface area contributed by atoms with Gasteiger partial charge in [0.25, 0.3) is 0 Å². The average molecular weight is 410 g/mol. The predicted octanol–water partition coefficient (Wildman–Crippen LogP) is 1.60. The third-order valence-corrected chi connectivity index (χ3v) is 4.80. The summed E-state index contributed by atoms with van der Waals surface area (Å²) in [5.74, 6) is -0.425. The van der Waals surface area contributed by atoms with Crippen LogP contribution in [0, 0.1) is 11.3 Å². The molecule has 0 unspecified atom stereocenters. The van der Waals surface area contributed by atoms with Crippen LogP contribution >= 0.6 is 23.2 Å². The number of rotatable bonds is 5. The summed E-state index contributed by atoms with van der Waals surface area (Å²) >= 11 is 12.0. The van der Waals surface area contributed by atoms with E-state index in [1.807, 2.05) is 10.8 Å². The molecule has 2 aromatic rings. The number of aromatic nitrogens is 4. The Bertz CT molecular complexity index is 928. The molecule has 1 N–H and O–H groups in total. The van der Waals surface area contributed by atoms with Gasteiger partial charge in [-0.1, -0.05) is 11.6 Å². The highest BCUT2D eigenvalue weighted by atomic mass is 35.5. The van der Waals surface area contributed by atoms with Crippen molar-refractivity contribution in [2.45, 2.75) is 32.7 Å². The lowest BCUT2D eigenvalue weighted by atomic mass is 10.1. The summed E-state index contributed by atoms with van der Waals surface area (Å²) in [4.78, 5) is 25.4. The Morgan fingerprint density at radius 3 is 2.85 bits per heavy atom. The first kappa shape index (κ1) is 19.2. The SMILES string of the molecule is CC(=O)N(CC(=O)NCCl)c1c(C#N)cnn1-c1nn2c(c1Cl)CCCC2. The molecule has 2 amide bonds. The van der Waals surface area contributed by atoms with E-state index in [1.165, 1.54) is 17.8 Å². The third kappa shape index (κ3) is 3.63. The highest BCUT2D eigenvalue weighted by molar-refractivity contribution is 6.33. The number of hydrogen-bond acceptors (Lipinski definition) is 5. The van der Waals surface area contributed by atoms with E-state index >= 15 is 0 Å². The molecule has 2 aromatic heterocycles. The van der Waals surface area contributed by atoms with Crippen LogP contribution in [0.3, 0.4) is 0 Å². The Balaban J connectivity index is 2.10. The van der Waals surface area contributed by atoms with Crippen molar-refractivity contribution in [3.05, 3.63) is 22.5 Å². The molecule has 3 heterocycles. The summed E-state index contributed by atoms with van der Waals surface area (Å²) in [6.45, 7) is 1.73. The number of halogens is 2. The fourth-order valence-electron chi connectivity index (χ4n) is 3.02. The maximum atomic E-state index is 12.2. The second-order valence-corrected chi connectivity index (χ2v) is 6.65. The lowest BCUT2D eigenvalue weighted by molar-refractivity contribution is -0.122. The molecule has 0 aromatic carbocycles. The van der Waals surface area contributed by atoms with Crippen molar-refractivity contribution >= 4 is 40.8 Å². The van der Waals surface area contributed by atoms with Gasteiger partial charge in [0.05, 0.1) is 17.9 Å². The van der Waals surface area contributed by atoms with Crippen molar-refractivity contribution in [3.63, 3.8) is 0 Å². The molecule has 0 bridgehead atoms. The van der Waals surface area contributed by atoms with Crippen molar-refractivity contribution < 1.29 is 9.59 Å². The molecule has 0 fully saturated rings. The zero-order chi connectivity index (χ0) is 19.6. The van der Waals surface area contributed by atoms with E-state index < -0.39 is 11.8 Å². The minimum atomic E-state index is -0.466. The minimum absolute atomic E-state index is 0.0887. The number of fused-ring (bicyclic) bond motifs is 1. The number of hydrogen-bond donors (Lipinski definition) is 1. The van der Waals surface area contributed by atoms with Crippen LogP contribution < -0.4 is 10.2 Å². The van der Waals surface area contributed by atoms with E-state index in [2.05, 4.69) is 15.5 Å². The summed E-state index contributed by atoms with van der Waals surface area (Å²) < 4.78 is 3.15. The molecule has 1 aliphatic heterocycles. The van der Waals surface area contributed by atoms with Crippen LogP contribution in [0.2, 0.25) is 5.02 Å². The van der Waals surface area contributed by atoms with Crippen molar-refractivity contribution in [3.8, 4) is 11.9 Å². The van der Waals surface area contributed by atoms with Gasteiger partial charge in [-0.2, -0.15) is 20.1 Å².